The summed E-state index contributed by atoms with van der Waals surface area (Å²) in [6.45, 7) is 1.68. The van der Waals surface area contributed by atoms with Crippen LogP contribution in [-0.2, 0) is 0 Å². The number of pyridine rings is 1. The Morgan fingerprint density at radius 2 is 2.10 bits per heavy atom. The summed E-state index contributed by atoms with van der Waals surface area (Å²) in [4.78, 5) is 26.4. The minimum absolute atomic E-state index is 0.0743. The van der Waals surface area contributed by atoms with Crippen molar-refractivity contribution in [3.05, 3.63) is 33.7 Å². The molecule has 21 heavy (non-hydrogen) atoms. The predicted molar refractivity (Wildman–Crippen MR) is 71.1 cm³/mol. The zero-order valence-corrected chi connectivity index (χ0v) is 11.6. The van der Waals surface area contributed by atoms with Crippen LogP contribution in [0.1, 0.15) is 41.7 Å². The van der Waals surface area contributed by atoms with Crippen LogP contribution in [0.4, 0.5) is 13.2 Å². The standard InChI is InChI=1S/C14H17F3N2O2/c1-8-5-12(20)11(7-18-8)13(21)19-10-4-2-3-9(6-10)14(15,16)17/h5,7,9-10H,2-4,6H2,1H3,(H,18,20)(H,19,21). The van der Waals surface area contributed by atoms with Gasteiger partial charge in [0.05, 0.1) is 5.92 Å². The molecule has 0 saturated heterocycles. The van der Waals surface area contributed by atoms with Gasteiger partial charge >= 0.3 is 6.18 Å². The number of aromatic amines is 1. The first-order valence-corrected chi connectivity index (χ1v) is 6.84. The third kappa shape index (κ3) is 3.86. The van der Waals surface area contributed by atoms with Gasteiger partial charge in [-0.15, -0.1) is 0 Å². The van der Waals surface area contributed by atoms with Crippen molar-refractivity contribution in [1.82, 2.24) is 10.3 Å². The average Bonchev–Trinajstić information content (AvgIpc) is 2.37. The average molecular weight is 302 g/mol. The summed E-state index contributed by atoms with van der Waals surface area (Å²) in [6.07, 6.45) is -2.05. The Labute approximate surface area is 119 Å². The molecule has 1 aliphatic rings. The number of hydrogen-bond acceptors (Lipinski definition) is 2. The van der Waals surface area contributed by atoms with E-state index in [2.05, 4.69) is 10.3 Å². The molecule has 0 bridgehead atoms. The number of halogens is 3. The Balaban J connectivity index is 2.04. The summed E-state index contributed by atoms with van der Waals surface area (Å²) in [5.74, 6) is -2.00. The highest BCUT2D eigenvalue weighted by Crippen LogP contribution is 2.37. The lowest BCUT2D eigenvalue weighted by Gasteiger charge is -2.30. The second-order valence-corrected chi connectivity index (χ2v) is 5.47. The topological polar surface area (TPSA) is 62.0 Å². The van der Waals surface area contributed by atoms with Crippen molar-refractivity contribution in [3.8, 4) is 0 Å². The monoisotopic (exact) mass is 302 g/mol. The lowest BCUT2D eigenvalue weighted by molar-refractivity contribution is -0.183. The quantitative estimate of drug-likeness (QED) is 0.882. The van der Waals surface area contributed by atoms with Crippen molar-refractivity contribution in [2.75, 3.05) is 0 Å². The van der Waals surface area contributed by atoms with E-state index in [1.54, 1.807) is 6.92 Å². The fourth-order valence-corrected chi connectivity index (χ4v) is 2.63. The normalized spacial score (nSPS) is 22.9. The molecule has 1 saturated carbocycles. The minimum Gasteiger partial charge on any atom is -0.364 e. The van der Waals surface area contributed by atoms with E-state index in [0.29, 0.717) is 18.5 Å². The molecule has 2 rings (SSSR count). The molecule has 2 atom stereocenters. The van der Waals surface area contributed by atoms with Gasteiger partial charge in [0, 0.05) is 24.0 Å². The maximum Gasteiger partial charge on any atom is 0.391 e. The Morgan fingerprint density at radius 3 is 2.71 bits per heavy atom. The number of carbonyl (C=O) groups excluding carboxylic acids is 1. The molecule has 0 aromatic carbocycles. The Morgan fingerprint density at radius 1 is 1.38 bits per heavy atom. The van der Waals surface area contributed by atoms with E-state index in [4.69, 9.17) is 0 Å². The molecule has 0 radical (unpaired) electrons. The van der Waals surface area contributed by atoms with Gasteiger partial charge in [0.1, 0.15) is 5.56 Å². The summed E-state index contributed by atoms with van der Waals surface area (Å²) < 4.78 is 38.1. The van der Waals surface area contributed by atoms with Crippen molar-refractivity contribution >= 4 is 5.91 Å². The molecule has 116 valence electrons. The molecular weight excluding hydrogens is 285 g/mol. The number of hydrogen-bond donors (Lipinski definition) is 2. The Kier molecular flexibility index (Phi) is 4.39. The highest BCUT2D eigenvalue weighted by Gasteiger charge is 2.42. The molecule has 1 aliphatic carbocycles. The van der Waals surface area contributed by atoms with E-state index in [0.717, 1.165) is 0 Å². The van der Waals surface area contributed by atoms with Crippen molar-refractivity contribution in [2.45, 2.75) is 44.8 Å². The van der Waals surface area contributed by atoms with E-state index >= 15 is 0 Å². The van der Waals surface area contributed by atoms with Crippen molar-refractivity contribution in [1.29, 1.82) is 0 Å². The number of aromatic nitrogens is 1. The predicted octanol–water partition coefficient (Wildman–Crippen LogP) is 2.53. The first kappa shape index (κ1) is 15.6. The summed E-state index contributed by atoms with van der Waals surface area (Å²) in [5.41, 5.74) is 0.105. The van der Waals surface area contributed by atoms with Gasteiger partial charge in [-0.2, -0.15) is 13.2 Å². The number of alkyl halides is 3. The lowest BCUT2D eigenvalue weighted by Crippen LogP contribution is -2.42. The van der Waals surface area contributed by atoms with Crippen LogP contribution in [0.5, 0.6) is 0 Å². The molecule has 1 amide bonds. The van der Waals surface area contributed by atoms with Crippen LogP contribution in [0.3, 0.4) is 0 Å². The van der Waals surface area contributed by atoms with E-state index < -0.39 is 29.5 Å². The molecule has 1 fully saturated rings. The number of aryl methyl sites for hydroxylation is 1. The molecule has 0 aliphatic heterocycles. The molecule has 1 aromatic rings. The number of amides is 1. The third-order valence-corrected chi connectivity index (χ3v) is 3.77. The second-order valence-electron chi connectivity index (χ2n) is 5.47. The zero-order valence-electron chi connectivity index (χ0n) is 11.6. The highest BCUT2D eigenvalue weighted by atomic mass is 19.4. The van der Waals surface area contributed by atoms with Crippen LogP contribution in [0.2, 0.25) is 0 Å². The largest absolute Gasteiger partial charge is 0.391 e. The minimum atomic E-state index is -4.23. The van der Waals surface area contributed by atoms with Gasteiger partial charge in [-0.1, -0.05) is 6.42 Å². The molecular formula is C14H17F3N2O2. The van der Waals surface area contributed by atoms with Crippen LogP contribution < -0.4 is 10.7 Å². The fourth-order valence-electron chi connectivity index (χ4n) is 2.63. The van der Waals surface area contributed by atoms with Crippen LogP contribution in [0.25, 0.3) is 0 Å². The summed E-state index contributed by atoms with van der Waals surface area (Å²) in [5, 5.41) is 2.54. The molecule has 1 aromatic heterocycles. The van der Waals surface area contributed by atoms with Gasteiger partial charge in [0.2, 0.25) is 0 Å². The van der Waals surface area contributed by atoms with E-state index in [1.165, 1.54) is 12.3 Å². The molecule has 2 N–H and O–H groups in total. The molecule has 1 heterocycles. The van der Waals surface area contributed by atoms with Crippen LogP contribution in [0, 0.1) is 12.8 Å². The summed E-state index contributed by atoms with van der Waals surface area (Å²) in [6, 6.07) is 0.743. The van der Waals surface area contributed by atoms with Gasteiger partial charge in [-0.25, -0.2) is 0 Å². The number of rotatable bonds is 2. The maximum atomic E-state index is 12.7. The molecule has 7 heteroatoms. The van der Waals surface area contributed by atoms with Gasteiger partial charge in [0.15, 0.2) is 5.43 Å². The number of carbonyl (C=O) groups is 1. The third-order valence-electron chi connectivity index (χ3n) is 3.77. The first-order valence-electron chi connectivity index (χ1n) is 6.84. The summed E-state index contributed by atoms with van der Waals surface area (Å²) >= 11 is 0. The van der Waals surface area contributed by atoms with Crippen LogP contribution in [-0.4, -0.2) is 23.1 Å². The maximum absolute atomic E-state index is 12.7. The van der Waals surface area contributed by atoms with E-state index in [1.807, 2.05) is 0 Å². The molecule has 4 nitrogen and oxygen atoms in total. The van der Waals surface area contributed by atoms with Crippen molar-refractivity contribution in [3.63, 3.8) is 0 Å². The van der Waals surface area contributed by atoms with E-state index in [-0.39, 0.29) is 18.4 Å². The SMILES string of the molecule is Cc1cc(=O)c(C(=O)NC2CCCC(C(F)(F)F)C2)c[nH]1. The van der Waals surface area contributed by atoms with Crippen LogP contribution in [0.15, 0.2) is 17.1 Å². The van der Waals surface area contributed by atoms with Crippen molar-refractivity contribution < 1.29 is 18.0 Å². The molecule has 2 unspecified atom stereocenters. The smallest absolute Gasteiger partial charge is 0.364 e. The van der Waals surface area contributed by atoms with Gasteiger partial charge in [0.25, 0.3) is 5.91 Å². The Hall–Kier alpha value is -1.79. The van der Waals surface area contributed by atoms with Gasteiger partial charge in [-0.3, -0.25) is 9.59 Å². The van der Waals surface area contributed by atoms with Crippen molar-refractivity contribution in [2.24, 2.45) is 5.92 Å². The first-order chi connectivity index (χ1) is 9.77. The zero-order chi connectivity index (χ0) is 15.6. The lowest BCUT2D eigenvalue weighted by atomic mass is 9.85. The van der Waals surface area contributed by atoms with Gasteiger partial charge in [-0.05, 0) is 26.2 Å². The van der Waals surface area contributed by atoms with Crippen LogP contribution >= 0.6 is 0 Å². The highest BCUT2D eigenvalue weighted by molar-refractivity contribution is 5.93. The second kappa shape index (κ2) is 5.91. The fraction of sp³-hybridized carbons (Fsp3) is 0.571. The van der Waals surface area contributed by atoms with E-state index in [9.17, 15) is 22.8 Å². The summed E-state index contributed by atoms with van der Waals surface area (Å²) in [7, 11) is 0. The number of nitrogens with one attached hydrogen (secondary N) is 2. The van der Waals surface area contributed by atoms with Gasteiger partial charge < -0.3 is 10.3 Å². The Bertz CT molecular complexity index is 580. The number of H-pyrrole nitrogens is 1. The molecule has 0 spiro atoms.